The second-order valence-corrected chi connectivity index (χ2v) is 7.10. The third-order valence-corrected chi connectivity index (χ3v) is 4.76. The first-order valence-corrected chi connectivity index (χ1v) is 8.84. The van der Waals surface area contributed by atoms with Gasteiger partial charge in [0.2, 0.25) is 5.91 Å². The van der Waals surface area contributed by atoms with E-state index in [0.717, 1.165) is 0 Å². The summed E-state index contributed by atoms with van der Waals surface area (Å²) < 4.78 is 13.5. The number of carbonyl (C=O) groups excluding carboxylic acids is 2. The predicted octanol–water partition coefficient (Wildman–Crippen LogP) is 3.80. The van der Waals surface area contributed by atoms with E-state index in [4.69, 9.17) is 11.6 Å². The molecule has 0 radical (unpaired) electrons. The molecule has 0 aliphatic carbocycles. The largest absolute Gasteiger partial charge is 0.329 e. The van der Waals surface area contributed by atoms with Crippen molar-refractivity contribution in [2.75, 3.05) is 6.54 Å². The van der Waals surface area contributed by atoms with E-state index in [1.165, 1.54) is 17.0 Å². The summed E-state index contributed by atoms with van der Waals surface area (Å²) in [7, 11) is 0. The summed E-state index contributed by atoms with van der Waals surface area (Å²) in [6.07, 6.45) is 0. The molecule has 0 bridgehead atoms. The highest BCUT2D eigenvalue weighted by Gasteiger charge is 2.41. The van der Waals surface area contributed by atoms with Gasteiger partial charge in [-0.15, -0.1) is 0 Å². The molecular weight excluding hydrogens is 355 g/mol. The molecule has 6 heteroatoms. The van der Waals surface area contributed by atoms with Crippen molar-refractivity contribution in [1.82, 2.24) is 9.80 Å². The maximum Gasteiger partial charge on any atom is 0.250 e. The first-order valence-electron chi connectivity index (χ1n) is 8.46. The monoisotopic (exact) mass is 374 g/mol. The average molecular weight is 375 g/mol. The van der Waals surface area contributed by atoms with Gasteiger partial charge in [-0.3, -0.25) is 9.59 Å². The lowest BCUT2D eigenvalue weighted by molar-refractivity contribution is -0.158. The van der Waals surface area contributed by atoms with Crippen molar-refractivity contribution in [2.24, 2.45) is 0 Å². The number of halogens is 2. The second kappa shape index (κ2) is 7.46. The number of piperazine rings is 1. The highest BCUT2D eigenvalue weighted by Crippen LogP contribution is 2.31. The predicted molar refractivity (Wildman–Crippen MR) is 98.0 cm³/mol. The van der Waals surface area contributed by atoms with Crippen molar-refractivity contribution in [2.45, 2.75) is 32.5 Å². The van der Waals surface area contributed by atoms with E-state index in [2.05, 4.69) is 0 Å². The summed E-state index contributed by atoms with van der Waals surface area (Å²) in [6, 6.07) is 12.1. The molecule has 4 nitrogen and oxygen atoms in total. The number of hydrogen-bond acceptors (Lipinski definition) is 2. The molecule has 2 aromatic rings. The Hall–Kier alpha value is -2.40. The first-order chi connectivity index (χ1) is 12.4. The lowest BCUT2D eigenvalue weighted by atomic mass is 9.99. The molecule has 136 valence electrons. The third-order valence-electron chi connectivity index (χ3n) is 4.51. The molecule has 1 atom stereocenters. The van der Waals surface area contributed by atoms with Crippen molar-refractivity contribution < 1.29 is 14.0 Å². The minimum Gasteiger partial charge on any atom is -0.329 e. The van der Waals surface area contributed by atoms with Crippen molar-refractivity contribution in [3.63, 3.8) is 0 Å². The molecule has 1 aliphatic rings. The fourth-order valence-electron chi connectivity index (χ4n) is 3.16. The Balaban J connectivity index is 1.99. The molecule has 26 heavy (non-hydrogen) atoms. The zero-order chi connectivity index (χ0) is 18.8. The zero-order valence-electron chi connectivity index (χ0n) is 14.7. The molecule has 0 spiro atoms. The Kier molecular flexibility index (Phi) is 5.28. The summed E-state index contributed by atoms with van der Waals surface area (Å²) in [4.78, 5) is 29.0. The zero-order valence-corrected chi connectivity index (χ0v) is 15.4. The molecule has 0 aromatic heterocycles. The quantitative estimate of drug-likeness (QED) is 0.816. The van der Waals surface area contributed by atoms with E-state index in [1.807, 2.05) is 13.8 Å². The molecule has 0 saturated carbocycles. The normalized spacial score (nSPS) is 18.0. The Morgan fingerprint density at radius 3 is 2.46 bits per heavy atom. The van der Waals surface area contributed by atoms with Gasteiger partial charge in [0.1, 0.15) is 18.4 Å². The van der Waals surface area contributed by atoms with E-state index < -0.39 is 6.04 Å². The highest BCUT2D eigenvalue weighted by molar-refractivity contribution is 6.30. The Labute approximate surface area is 157 Å². The van der Waals surface area contributed by atoms with Gasteiger partial charge in [-0.2, -0.15) is 0 Å². The van der Waals surface area contributed by atoms with Gasteiger partial charge in [-0.1, -0.05) is 35.9 Å². The van der Waals surface area contributed by atoms with Crippen LogP contribution < -0.4 is 0 Å². The lowest BCUT2D eigenvalue weighted by Crippen LogP contribution is -2.56. The summed E-state index contributed by atoms with van der Waals surface area (Å²) in [6.45, 7) is 3.95. The molecule has 0 N–H and O–H groups in total. The van der Waals surface area contributed by atoms with Crippen LogP contribution in [0.3, 0.4) is 0 Å². The van der Waals surface area contributed by atoms with Gasteiger partial charge in [0.25, 0.3) is 5.91 Å². The van der Waals surface area contributed by atoms with Crippen LogP contribution in [-0.4, -0.2) is 34.2 Å². The van der Waals surface area contributed by atoms with E-state index >= 15 is 0 Å². The van der Waals surface area contributed by atoms with Crippen LogP contribution in [0.4, 0.5) is 4.39 Å². The molecule has 2 aromatic carbocycles. The van der Waals surface area contributed by atoms with E-state index in [-0.39, 0.29) is 36.8 Å². The Bertz CT molecular complexity index is 823. The fourth-order valence-corrected chi connectivity index (χ4v) is 3.29. The molecule has 3 rings (SSSR count). The molecular formula is C20H20ClFN2O2. The smallest absolute Gasteiger partial charge is 0.250 e. The van der Waals surface area contributed by atoms with Crippen molar-refractivity contribution in [1.29, 1.82) is 0 Å². The molecule has 2 amide bonds. The van der Waals surface area contributed by atoms with E-state index in [9.17, 15) is 14.0 Å². The van der Waals surface area contributed by atoms with Gasteiger partial charge in [0, 0.05) is 17.6 Å². The summed E-state index contributed by atoms with van der Waals surface area (Å²) in [5.74, 6) is -0.675. The van der Waals surface area contributed by atoms with Gasteiger partial charge in [0.15, 0.2) is 0 Å². The summed E-state index contributed by atoms with van der Waals surface area (Å²) in [5, 5.41) is 0.556. The van der Waals surface area contributed by atoms with Gasteiger partial charge < -0.3 is 9.80 Å². The maximum atomic E-state index is 13.5. The van der Waals surface area contributed by atoms with Gasteiger partial charge in [-0.05, 0) is 49.2 Å². The van der Waals surface area contributed by atoms with Gasteiger partial charge in [-0.25, -0.2) is 4.39 Å². The average Bonchev–Trinajstić information content (AvgIpc) is 2.59. The number of benzene rings is 2. The fraction of sp³-hybridized carbons (Fsp3) is 0.300. The van der Waals surface area contributed by atoms with Crippen LogP contribution in [0.25, 0.3) is 0 Å². The second-order valence-electron chi connectivity index (χ2n) is 6.67. The third kappa shape index (κ3) is 3.73. The van der Waals surface area contributed by atoms with Crippen LogP contribution in [0.5, 0.6) is 0 Å². The highest BCUT2D eigenvalue weighted by atomic mass is 35.5. The lowest BCUT2D eigenvalue weighted by Gasteiger charge is -2.42. The van der Waals surface area contributed by atoms with Crippen LogP contribution in [0.1, 0.15) is 31.0 Å². The maximum absolute atomic E-state index is 13.5. The summed E-state index contributed by atoms with van der Waals surface area (Å²) >= 11 is 5.96. The topological polar surface area (TPSA) is 40.6 Å². The number of amides is 2. The van der Waals surface area contributed by atoms with Crippen molar-refractivity contribution in [3.05, 3.63) is 70.5 Å². The number of nitrogens with zero attached hydrogens (tertiary/aromatic N) is 2. The van der Waals surface area contributed by atoms with Crippen molar-refractivity contribution >= 4 is 23.4 Å². The molecule has 1 unspecified atom stereocenters. The SMILES string of the molecule is CC(C)N1CC(=O)N(Cc2cccc(F)c2)C(c2ccc(Cl)cc2)C1=O. The number of rotatable bonds is 4. The van der Waals surface area contributed by atoms with Gasteiger partial charge >= 0.3 is 0 Å². The van der Waals surface area contributed by atoms with E-state index in [1.54, 1.807) is 41.3 Å². The molecule has 1 saturated heterocycles. The standard InChI is InChI=1S/C20H20ClFN2O2/c1-13(2)23-12-18(25)24(11-14-4-3-5-17(22)10-14)19(20(23)26)15-6-8-16(21)9-7-15/h3-10,13,19H,11-12H2,1-2H3. The van der Waals surface area contributed by atoms with Crippen LogP contribution >= 0.6 is 11.6 Å². The van der Waals surface area contributed by atoms with Crippen molar-refractivity contribution in [3.8, 4) is 0 Å². The first kappa shape index (κ1) is 18.4. The van der Waals surface area contributed by atoms with E-state index in [0.29, 0.717) is 16.1 Å². The minimum atomic E-state index is -0.751. The number of carbonyl (C=O) groups is 2. The van der Waals surface area contributed by atoms with Crippen LogP contribution in [-0.2, 0) is 16.1 Å². The van der Waals surface area contributed by atoms with Gasteiger partial charge in [0.05, 0.1) is 0 Å². The molecule has 1 fully saturated rings. The van der Waals surface area contributed by atoms with Crippen LogP contribution in [0.15, 0.2) is 48.5 Å². The minimum absolute atomic E-state index is 0.0237. The van der Waals surface area contributed by atoms with Crippen LogP contribution in [0, 0.1) is 5.82 Å². The Morgan fingerprint density at radius 2 is 1.85 bits per heavy atom. The summed E-state index contributed by atoms with van der Waals surface area (Å²) in [5.41, 5.74) is 1.33. The Morgan fingerprint density at radius 1 is 1.15 bits per heavy atom. The molecule has 1 heterocycles. The molecule has 1 aliphatic heterocycles. The number of hydrogen-bond donors (Lipinski definition) is 0. The van der Waals surface area contributed by atoms with Crippen LogP contribution in [0.2, 0.25) is 5.02 Å².